The van der Waals surface area contributed by atoms with E-state index in [-0.39, 0.29) is 0 Å². The first-order chi connectivity index (χ1) is 7.58. The van der Waals surface area contributed by atoms with Crippen molar-refractivity contribution < 1.29 is 0 Å². The van der Waals surface area contributed by atoms with Crippen molar-refractivity contribution in [2.75, 3.05) is 0 Å². The van der Waals surface area contributed by atoms with Crippen molar-refractivity contribution in [3.05, 3.63) is 12.2 Å². The van der Waals surface area contributed by atoms with E-state index in [0.717, 1.165) is 35.5 Å². The Kier molecular flexibility index (Phi) is 3.77. The zero-order valence-electron chi connectivity index (χ0n) is 11.4. The molecule has 0 aromatic carbocycles. The van der Waals surface area contributed by atoms with Gasteiger partial charge in [0.15, 0.2) is 0 Å². The summed E-state index contributed by atoms with van der Waals surface area (Å²) in [5.74, 6) is 5.47. The van der Waals surface area contributed by atoms with Crippen LogP contribution in [0.1, 0.15) is 53.4 Å². The van der Waals surface area contributed by atoms with E-state index in [1.807, 2.05) is 0 Å². The number of allylic oxidation sites excluding steroid dienone is 2. The monoisotopic (exact) mass is 220 g/mol. The van der Waals surface area contributed by atoms with E-state index in [1.54, 1.807) is 0 Å². The molecule has 1 saturated carbocycles. The van der Waals surface area contributed by atoms with Gasteiger partial charge in [-0.15, -0.1) is 0 Å². The predicted octanol–water partition coefficient (Wildman–Crippen LogP) is 4.91. The fourth-order valence-corrected chi connectivity index (χ4v) is 3.56. The molecule has 6 atom stereocenters. The molecule has 2 aliphatic rings. The minimum absolute atomic E-state index is 0.802. The largest absolute Gasteiger partial charge is 0.0851 e. The Morgan fingerprint density at radius 2 is 1.50 bits per heavy atom. The minimum Gasteiger partial charge on any atom is -0.0851 e. The molecule has 0 N–H and O–H groups in total. The van der Waals surface area contributed by atoms with Crippen LogP contribution in [0.3, 0.4) is 0 Å². The molecule has 0 aromatic heterocycles. The SMILES string of the molecule is CC1C=CC(C2CCC(C)C(C)C2)CC1C. The molecule has 92 valence electrons. The second kappa shape index (κ2) is 4.94. The molecule has 0 heterocycles. The summed E-state index contributed by atoms with van der Waals surface area (Å²) in [6.45, 7) is 9.68. The van der Waals surface area contributed by atoms with E-state index in [4.69, 9.17) is 0 Å². The molecule has 0 heteroatoms. The average molecular weight is 220 g/mol. The van der Waals surface area contributed by atoms with Crippen LogP contribution in [0.2, 0.25) is 0 Å². The van der Waals surface area contributed by atoms with Crippen molar-refractivity contribution in [1.82, 2.24) is 0 Å². The molecular weight excluding hydrogens is 192 g/mol. The lowest BCUT2D eigenvalue weighted by Crippen LogP contribution is -2.28. The maximum absolute atomic E-state index is 2.54. The van der Waals surface area contributed by atoms with Crippen molar-refractivity contribution in [3.8, 4) is 0 Å². The molecule has 16 heavy (non-hydrogen) atoms. The first-order valence-corrected chi connectivity index (χ1v) is 7.26. The van der Waals surface area contributed by atoms with Gasteiger partial charge >= 0.3 is 0 Å². The van der Waals surface area contributed by atoms with E-state index < -0.39 is 0 Å². The summed E-state index contributed by atoms with van der Waals surface area (Å²) in [6.07, 6.45) is 10.8. The van der Waals surface area contributed by atoms with Crippen LogP contribution in [-0.2, 0) is 0 Å². The second-order valence-electron chi connectivity index (χ2n) is 6.65. The normalized spacial score (nSPS) is 49.2. The van der Waals surface area contributed by atoms with Crippen LogP contribution in [0.25, 0.3) is 0 Å². The van der Waals surface area contributed by atoms with E-state index in [0.29, 0.717) is 0 Å². The molecule has 0 saturated heterocycles. The minimum atomic E-state index is 0.802. The van der Waals surface area contributed by atoms with Gasteiger partial charge < -0.3 is 0 Å². The Bertz CT molecular complexity index is 253. The summed E-state index contributed by atoms with van der Waals surface area (Å²) in [5, 5.41) is 0. The molecule has 0 amide bonds. The molecule has 0 bridgehead atoms. The lowest BCUT2D eigenvalue weighted by molar-refractivity contribution is 0.153. The summed E-state index contributed by atoms with van der Waals surface area (Å²) in [5.41, 5.74) is 0. The van der Waals surface area contributed by atoms with Gasteiger partial charge in [0.25, 0.3) is 0 Å². The van der Waals surface area contributed by atoms with Crippen LogP contribution in [-0.4, -0.2) is 0 Å². The topological polar surface area (TPSA) is 0 Å². The zero-order valence-corrected chi connectivity index (χ0v) is 11.4. The van der Waals surface area contributed by atoms with Gasteiger partial charge in [-0.05, 0) is 54.8 Å². The molecule has 6 unspecified atom stereocenters. The van der Waals surface area contributed by atoms with Gasteiger partial charge in [-0.25, -0.2) is 0 Å². The summed E-state index contributed by atoms with van der Waals surface area (Å²) >= 11 is 0. The van der Waals surface area contributed by atoms with E-state index in [2.05, 4.69) is 39.8 Å². The molecule has 0 radical (unpaired) electrons. The van der Waals surface area contributed by atoms with Crippen molar-refractivity contribution in [3.63, 3.8) is 0 Å². The van der Waals surface area contributed by atoms with Crippen molar-refractivity contribution in [2.45, 2.75) is 53.4 Å². The highest BCUT2D eigenvalue weighted by Crippen LogP contribution is 2.42. The zero-order chi connectivity index (χ0) is 11.7. The molecule has 0 aliphatic heterocycles. The Labute approximate surface area is 102 Å². The maximum Gasteiger partial charge on any atom is -0.0202 e. The van der Waals surface area contributed by atoms with Gasteiger partial charge in [-0.1, -0.05) is 46.3 Å². The lowest BCUT2D eigenvalue weighted by atomic mass is 9.67. The van der Waals surface area contributed by atoms with E-state index in [9.17, 15) is 0 Å². The third-order valence-electron chi connectivity index (χ3n) is 5.45. The maximum atomic E-state index is 2.54. The third kappa shape index (κ3) is 2.52. The highest BCUT2D eigenvalue weighted by atomic mass is 14.4. The van der Waals surface area contributed by atoms with Crippen LogP contribution < -0.4 is 0 Å². The van der Waals surface area contributed by atoms with E-state index in [1.165, 1.54) is 25.7 Å². The summed E-state index contributed by atoms with van der Waals surface area (Å²) < 4.78 is 0. The standard InChI is InChI=1S/C16H28/c1-11-5-7-15(9-13(11)3)16-8-6-12(2)14(4)10-16/h5,7,11-16H,6,8-10H2,1-4H3. The van der Waals surface area contributed by atoms with Gasteiger partial charge in [-0.2, -0.15) is 0 Å². The first kappa shape index (κ1) is 12.2. The fraction of sp³-hybridized carbons (Fsp3) is 0.875. The molecular formula is C16H28. The van der Waals surface area contributed by atoms with Gasteiger partial charge in [0.1, 0.15) is 0 Å². The second-order valence-corrected chi connectivity index (χ2v) is 6.65. The summed E-state index contributed by atoms with van der Waals surface area (Å²) in [6, 6.07) is 0. The highest BCUT2D eigenvalue weighted by molar-refractivity contribution is 5.02. The molecule has 2 rings (SSSR count). The highest BCUT2D eigenvalue weighted by Gasteiger charge is 2.31. The van der Waals surface area contributed by atoms with Crippen LogP contribution >= 0.6 is 0 Å². The Morgan fingerprint density at radius 3 is 2.12 bits per heavy atom. The van der Waals surface area contributed by atoms with Gasteiger partial charge in [-0.3, -0.25) is 0 Å². The fourth-order valence-electron chi connectivity index (χ4n) is 3.56. The smallest absolute Gasteiger partial charge is 0.0202 e. The Balaban J connectivity index is 1.96. The lowest BCUT2D eigenvalue weighted by Gasteiger charge is -2.38. The summed E-state index contributed by atoms with van der Waals surface area (Å²) in [4.78, 5) is 0. The van der Waals surface area contributed by atoms with Crippen molar-refractivity contribution >= 4 is 0 Å². The first-order valence-electron chi connectivity index (χ1n) is 7.26. The average Bonchev–Trinajstić information content (AvgIpc) is 2.26. The third-order valence-corrected chi connectivity index (χ3v) is 5.45. The van der Waals surface area contributed by atoms with Crippen LogP contribution in [0.15, 0.2) is 12.2 Å². The molecule has 0 spiro atoms. The van der Waals surface area contributed by atoms with Gasteiger partial charge in [0, 0.05) is 0 Å². The van der Waals surface area contributed by atoms with Crippen molar-refractivity contribution in [2.24, 2.45) is 35.5 Å². The summed E-state index contributed by atoms with van der Waals surface area (Å²) in [7, 11) is 0. The molecule has 0 aromatic rings. The Morgan fingerprint density at radius 1 is 0.750 bits per heavy atom. The predicted molar refractivity (Wildman–Crippen MR) is 71.2 cm³/mol. The van der Waals surface area contributed by atoms with Crippen LogP contribution in [0, 0.1) is 35.5 Å². The quantitative estimate of drug-likeness (QED) is 0.551. The number of hydrogen-bond donors (Lipinski definition) is 0. The van der Waals surface area contributed by atoms with E-state index >= 15 is 0 Å². The molecule has 2 aliphatic carbocycles. The Hall–Kier alpha value is -0.260. The van der Waals surface area contributed by atoms with Gasteiger partial charge in [0.2, 0.25) is 0 Å². The van der Waals surface area contributed by atoms with Crippen molar-refractivity contribution in [1.29, 1.82) is 0 Å². The molecule has 1 fully saturated rings. The van der Waals surface area contributed by atoms with Crippen LogP contribution in [0.5, 0.6) is 0 Å². The van der Waals surface area contributed by atoms with Crippen LogP contribution in [0.4, 0.5) is 0 Å². The number of rotatable bonds is 1. The van der Waals surface area contributed by atoms with Gasteiger partial charge in [0.05, 0.1) is 0 Å². The number of hydrogen-bond acceptors (Lipinski definition) is 0. The molecule has 0 nitrogen and oxygen atoms in total.